The first-order valence-electron chi connectivity index (χ1n) is 12.7. The highest BCUT2D eigenvalue weighted by atomic mass is 32.1. The molecule has 3 aromatic carbocycles. The van der Waals surface area contributed by atoms with Crippen LogP contribution in [-0.4, -0.2) is 22.8 Å². The largest absolute Gasteiger partial charge is 0.326 e. The van der Waals surface area contributed by atoms with Crippen molar-refractivity contribution in [3.8, 4) is 0 Å². The van der Waals surface area contributed by atoms with Gasteiger partial charge in [0.25, 0.3) is 0 Å². The first-order valence-corrected chi connectivity index (χ1v) is 13.5. The molecule has 1 aliphatic carbocycles. The van der Waals surface area contributed by atoms with Crippen LogP contribution >= 0.6 is 11.3 Å². The van der Waals surface area contributed by atoms with Gasteiger partial charge in [-0.25, -0.2) is 4.98 Å². The van der Waals surface area contributed by atoms with Gasteiger partial charge in [0.2, 0.25) is 11.8 Å². The number of anilines is 2. The number of carbonyl (C=O) groups excluding carboxylic acids is 2. The van der Waals surface area contributed by atoms with Gasteiger partial charge in [0.15, 0.2) is 5.13 Å². The van der Waals surface area contributed by atoms with Gasteiger partial charge >= 0.3 is 0 Å². The Kier molecular flexibility index (Phi) is 7.30. The Labute approximate surface area is 215 Å². The molecule has 5 rings (SSSR count). The standard InChI is InChI=1S/C29H32N4O2S/c1-18(2)27(34)33-29-32-25-13-12-24(16-26(25)36-29)31-28(35)22-8-5-9-23(15-22)30-17-19-10-11-20-6-3-4-7-21(20)14-19/h3-4,6-7,10-14,16,18,22-23,30H,5,8-9,15,17H2,1-2H3,(H,31,35)(H,32,33,34)/t22-,23-/m1/s1. The maximum absolute atomic E-state index is 13.1. The third-order valence-corrected chi connectivity index (χ3v) is 7.80. The molecule has 0 unspecified atom stereocenters. The minimum Gasteiger partial charge on any atom is -0.326 e. The number of rotatable bonds is 7. The van der Waals surface area contributed by atoms with Crippen molar-refractivity contribution in [1.29, 1.82) is 0 Å². The number of aromatic nitrogens is 1. The third-order valence-electron chi connectivity index (χ3n) is 6.86. The minimum atomic E-state index is -0.103. The molecule has 36 heavy (non-hydrogen) atoms. The smallest absolute Gasteiger partial charge is 0.228 e. The van der Waals surface area contributed by atoms with Crippen molar-refractivity contribution in [3.05, 3.63) is 66.2 Å². The van der Waals surface area contributed by atoms with Gasteiger partial charge in [0.05, 0.1) is 10.2 Å². The maximum Gasteiger partial charge on any atom is 0.228 e. The average Bonchev–Trinajstić information content (AvgIpc) is 3.29. The zero-order chi connectivity index (χ0) is 25.1. The second-order valence-corrected chi connectivity index (χ2v) is 11.0. The van der Waals surface area contributed by atoms with E-state index in [9.17, 15) is 9.59 Å². The van der Waals surface area contributed by atoms with Gasteiger partial charge in [-0.15, -0.1) is 0 Å². The lowest BCUT2D eigenvalue weighted by molar-refractivity contribution is -0.121. The van der Waals surface area contributed by atoms with E-state index in [-0.39, 0.29) is 23.7 Å². The molecular weight excluding hydrogens is 468 g/mol. The molecule has 1 aliphatic rings. The molecule has 4 aromatic rings. The molecule has 0 saturated heterocycles. The Balaban J connectivity index is 1.17. The van der Waals surface area contributed by atoms with Gasteiger partial charge in [-0.2, -0.15) is 0 Å². The zero-order valence-corrected chi connectivity index (χ0v) is 21.5. The predicted octanol–water partition coefficient (Wildman–Crippen LogP) is 6.33. The molecule has 0 bridgehead atoms. The molecule has 6 nitrogen and oxygen atoms in total. The molecule has 2 amide bonds. The summed E-state index contributed by atoms with van der Waals surface area (Å²) in [5.74, 6) is -0.0905. The highest BCUT2D eigenvalue weighted by Gasteiger charge is 2.27. The van der Waals surface area contributed by atoms with E-state index in [4.69, 9.17) is 0 Å². The fraction of sp³-hybridized carbons (Fsp3) is 0.345. The van der Waals surface area contributed by atoms with Crippen molar-refractivity contribution in [2.45, 2.75) is 52.1 Å². The van der Waals surface area contributed by atoms with E-state index in [0.29, 0.717) is 11.2 Å². The quantitative estimate of drug-likeness (QED) is 0.277. The van der Waals surface area contributed by atoms with Crippen LogP contribution < -0.4 is 16.0 Å². The number of hydrogen-bond acceptors (Lipinski definition) is 5. The number of thiazole rings is 1. The summed E-state index contributed by atoms with van der Waals surface area (Å²) in [6.07, 6.45) is 3.89. The van der Waals surface area contributed by atoms with Gasteiger partial charge in [-0.1, -0.05) is 68.0 Å². The van der Waals surface area contributed by atoms with Crippen LogP contribution in [0.1, 0.15) is 45.1 Å². The van der Waals surface area contributed by atoms with Gasteiger partial charge < -0.3 is 16.0 Å². The molecule has 1 saturated carbocycles. The second-order valence-electron chi connectivity index (χ2n) is 9.96. The van der Waals surface area contributed by atoms with Gasteiger partial charge in [0.1, 0.15) is 0 Å². The minimum absolute atomic E-state index is 0.00842. The summed E-state index contributed by atoms with van der Waals surface area (Å²) >= 11 is 1.42. The fourth-order valence-corrected chi connectivity index (χ4v) is 5.68. The Morgan fingerprint density at radius 1 is 1.00 bits per heavy atom. The molecule has 0 spiro atoms. The van der Waals surface area contributed by atoms with E-state index >= 15 is 0 Å². The second kappa shape index (κ2) is 10.8. The summed E-state index contributed by atoms with van der Waals surface area (Å²) in [6.45, 7) is 4.51. The van der Waals surface area contributed by atoms with E-state index in [1.165, 1.54) is 27.7 Å². The summed E-state index contributed by atoms with van der Waals surface area (Å²) < 4.78 is 0.936. The van der Waals surface area contributed by atoms with Crippen molar-refractivity contribution in [2.75, 3.05) is 10.6 Å². The third kappa shape index (κ3) is 5.74. The van der Waals surface area contributed by atoms with Crippen molar-refractivity contribution >= 4 is 55.0 Å². The van der Waals surface area contributed by atoms with Crippen LogP contribution in [-0.2, 0) is 16.1 Å². The van der Waals surface area contributed by atoms with E-state index in [2.05, 4.69) is 63.4 Å². The van der Waals surface area contributed by atoms with Crippen LogP contribution in [0.25, 0.3) is 21.0 Å². The van der Waals surface area contributed by atoms with Crippen LogP contribution in [0.2, 0.25) is 0 Å². The lowest BCUT2D eigenvalue weighted by Gasteiger charge is -2.29. The van der Waals surface area contributed by atoms with Crippen LogP contribution in [0.15, 0.2) is 60.7 Å². The Bertz CT molecular complexity index is 1400. The number of benzene rings is 3. The van der Waals surface area contributed by atoms with Crippen molar-refractivity contribution < 1.29 is 9.59 Å². The van der Waals surface area contributed by atoms with E-state index < -0.39 is 0 Å². The lowest BCUT2D eigenvalue weighted by Crippen LogP contribution is -2.37. The van der Waals surface area contributed by atoms with Crippen molar-refractivity contribution in [2.24, 2.45) is 11.8 Å². The summed E-state index contributed by atoms with van der Waals surface area (Å²) in [5.41, 5.74) is 2.85. The molecule has 186 valence electrons. The number of carbonyl (C=O) groups is 2. The molecule has 0 radical (unpaired) electrons. The van der Waals surface area contributed by atoms with E-state index in [1.54, 1.807) is 0 Å². The lowest BCUT2D eigenvalue weighted by atomic mass is 9.85. The Hall–Kier alpha value is -3.29. The fourth-order valence-electron chi connectivity index (χ4n) is 4.77. The summed E-state index contributed by atoms with van der Waals surface area (Å²) in [5, 5.41) is 12.7. The van der Waals surface area contributed by atoms with E-state index in [1.807, 2.05) is 32.0 Å². The van der Waals surface area contributed by atoms with E-state index in [0.717, 1.165) is 48.1 Å². The average molecular weight is 501 g/mol. The van der Waals surface area contributed by atoms with Crippen LogP contribution in [0.5, 0.6) is 0 Å². The van der Waals surface area contributed by atoms with Gasteiger partial charge in [-0.05, 0) is 59.9 Å². The molecule has 1 fully saturated rings. The first-order chi connectivity index (χ1) is 17.4. The number of nitrogens with zero attached hydrogens (tertiary/aromatic N) is 1. The van der Waals surface area contributed by atoms with Gasteiger partial charge in [-0.3, -0.25) is 9.59 Å². The summed E-state index contributed by atoms with van der Waals surface area (Å²) in [6, 6.07) is 21.0. The van der Waals surface area contributed by atoms with Crippen LogP contribution in [0.3, 0.4) is 0 Å². The molecule has 1 aromatic heterocycles. The predicted molar refractivity (Wildman–Crippen MR) is 148 cm³/mol. The molecule has 7 heteroatoms. The normalized spacial score (nSPS) is 18.0. The maximum atomic E-state index is 13.1. The SMILES string of the molecule is CC(C)C(=O)Nc1nc2ccc(NC(=O)[C@@H]3CCC[C@@H](NCc4ccc5ccccc5c4)C3)cc2s1. The number of hydrogen-bond donors (Lipinski definition) is 3. The zero-order valence-electron chi connectivity index (χ0n) is 20.7. The monoisotopic (exact) mass is 500 g/mol. The first kappa shape index (κ1) is 24.4. The van der Waals surface area contributed by atoms with Crippen LogP contribution in [0.4, 0.5) is 10.8 Å². The topological polar surface area (TPSA) is 83.1 Å². The molecule has 3 N–H and O–H groups in total. The number of amides is 2. The highest BCUT2D eigenvalue weighted by Crippen LogP contribution is 2.30. The van der Waals surface area contributed by atoms with Crippen molar-refractivity contribution in [1.82, 2.24) is 10.3 Å². The molecule has 2 atom stereocenters. The highest BCUT2D eigenvalue weighted by molar-refractivity contribution is 7.22. The summed E-state index contributed by atoms with van der Waals surface area (Å²) in [4.78, 5) is 29.5. The Morgan fingerprint density at radius 2 is 1.83 bits per heavy atom. The summed E-state index contributed by atoms with van der Waals surface area (Å²) in [7, 11) is 0. The number of nitrogens with one attached hydrogen (secondary N) is 3. The van der Waals surface area contributed by atoms with Crippen molar-refractivity contribution in [3.63, 3.8) is 0 Å². The molecule has 1 heterocycles. The van der Waals surface area contributed by atoms with Crippen LogP contribution in [0, 0.1) is 11.8 Å². The Morgan fingerprint density at radius 3 is 2.67 bits per heavy atom. The molecular formula is C29H32N4O2S. The number of fused-ring (bicyclic) bond motifs is 2. The molecule has 0 aliphatic heterocycles. The van der Waals surface area contributed by atoms with Gasteiger partial charge in [0, 0.05) is 30.1 Å².